The summed E-state index contributed by atoms with van der Waals surface area (Å²) in [5, 5.41) is 6.11. The third-order valence-corrected chi connectivity index (χ3v) is 5.68. The summed E-state index contributed by atoms with van der Waals surface area (Å²) in [5.74, 6) is -1.89. The van der Waals surface area contributed by atoms with Crippen LogP contribution in [0.1, 0.15) is 44.5 Å². The van der Waals surface area contributed by atoms with E-state index in [1.165, 1.54) is 6.07 Å². The lowest BCUT2D eigenvalue weighted by atomic mass is 9.80. The summed E-state index contributed by atoms with van der Waals surface area (Å²) < 4.78 is 5.61. The minimum Gasteiger partial charge on any atom is -0.456 e. The third kappa shape index (κ3) is 2.59. The predicted molar refractivity (Wildman–Crippen MR) is 91.8 cm³/mol. The fourth-order valence-corrected chi connectivity index (χ4v) is 3.70. The third-order valence-electron chi connectivity index (χ3n) is 5.68. The van der Waals surface area contributed by atoms with Gasteiger partial charge in [0.15, 0.2) is 0 Å². The van der Waals surface area contributed by atoms with Crippen molar-refractivity contribution in [3.05, 3.63) is 29.8 Å². The number of fused-ring (bicyclic) bond motifs is 2. The van der Waals surface area contributed by atoms with E-state index >= 15 is 0 Å². The fourth-order valence-electron chi connectivity index (χ4n) is 3.70. The highest BCUT2D eigenvalue weighted by atomic mass is 16.6. The van der Waals surface area contributed by atoms with Crippen LogP contribution >= 0.6 is 0 Å². The molecule has 2 bridgehead atoms. The fraction of sp³-hybridized carbons (Fsp3) is 0.500. The van der Waals surface area contributed by atoms with Crippen molar-refractivity contribution in [1.82, 2.24) is 5.32 Å². The standard InChI is InChI=1S/C18H23N3O4/c1-16(2)17(3)9-12(18(4,21-17)15(24)25-16)14(23)20-11-7-5-6-10(8-11)13(19)22/h5-8,12,21H,9H2,1-4H3,(H2,19,22)(H,20,23)/t12-,17-,18+/m1/s1. The second kappa shape index (κ2) is 5.29. The highest BCUT2D eigenvalue weighted by molar-refractivity contribution is 6.00. The van der Waals surface area contributed by atoms with Crippen LogP contribution in [0.2, 0.25) is 0 Å². The molecule has 3 rings (SSSR count). The molecule has 2 saturated heterocycles. The lowest BCUT2D eigenvalue weighted by Crippen LogP contribution is -2.69. The zero-order valence-electron chi connectivity index (χ0n) is 14.8. The van der Waals surface area contributed by atoms with Crippen LogP contribution in [0.5, 0.6) is 0 Å². The molecular formula is C18H23N3O4. The number of morpholine rings is 1. The molecule has 2 aliphatic rings. The average Bonchev–Trinajstić information content (AvgIpc) is 2.78. The first-order valence-corrected chi connectivity index (χ1v) is 8.22. The zero-order valence-corrected chi connectivity index (χ0v) is 14.8. The topological polar surface area (TPSA) is 111 Å². The lowest BCUT2D eigenvalue weighted by molar-refractivity contribution is -0.181. The molecule has 1 aromatic carbocycles. The van der Waals surface area contributed by atoms with Crippen molar-refractivity contribution < 1.29 is 19.1 Å². The Bertz CT molecular complexity index is 775. The first-order chi connectivity index (χ1) is 11.5. The molecule has 1 aromatic rings. The van der Waals surface area contributed by atoms with E-state index in [0.29, 0.717) is 17.7 Å². The molecule has 3 atom stereocenters. The molecule has 2 fully saturated rings. The predicted octanol–water partition coefficient (Wildman–Crippen LogP) is 1.19. The Labute approximate surface area is 146 Å². The number of carbonyl (C=O) groups is 3. The van der Waals surface area contributed by atoms with Gasteiger partial charge in [0.2, 0.25) is 11.8 Å². The van der Waals surface area contributed by atoms with Gasteiger partial charge in [-0.05, 0) is 52.3 Å². The average molecular weight is 345 g/mol. The molecule has 2 aliphatic heterocycles. The molecule has 7 nitrogen and oxygen atoms in total. The van der Waals surface area contributed by atoms with Gasteiger partial charge in [-0.3, -0.25) is 19.7 Å². The summed E-state index contributed by atoms with van der Waals surface area (Å²) in [5.41, 5.74) is 3.72. The summed E-state index contributed by atoms with van der Waals surface area (Å²) >= 11 is 0. The number of hydrogen-bond acceptors (Lipinski definition) is 5. The molecule has 2 amide bonds. The van der Waals surface area contributed by atoms with Crippen molar-refractivity contribution in [2.45, 2.75) is 50.8 Å². The maximum absolute atomic E-state index is 12.9. The Morgan fingerprint density at radius 2 is 1.96 bits per heavy atom. The SMILES string of the molecule is CC1(C)OC(=O)[C@@]2(C)N[C@]1(C)C[C@@H]2C(=O)Nc1cccc(C(N)=O)c1. The number of carbonyl (C=O) groups excluding carboxylic acids is 3. The molecule has 0 radical (unpaired) electrons. The zero-order chi connectivity index (χ0) is 18.6. The molecule has 2 heterocycles. The van der Waals surface area contributed by atoms with Crippen LogP contribution in [-0.4, -0.2) is 34.5 Å². The summed E-state index contributed by atoms with van der Waals surface area (Å²) in [4.78, 5) is 36.7. The van der Waals surface area contributed by atoms with Crippen molar-refractivity contribution in [2.24, 2.45) is 11.7 Å². The van der Waals surface area contributed by atoms with Gasteiger partial charge < -0.3 is 15.8 Å². The molecular weight excluding hydrogens is 322 g/mol. The van der Waals surface area contributed by atoms with Crippen LogP contribution in [0.4, 0.5) is 5.69 Å². The maximum atomic E-state index is 12.9. The van der Waals surface area contributed by atoms with Crippen molar-refractivity contribution >= 4 is 23.5 Å². The van der Waals surface area contributed by atoms with Gasteiger partial charge in [-0.2, -0.15) is 0 Å². The van der Waals surface area contributed by atoms with Crippen molar-refractivity contribution in [3.63, 3.8) is 0 Å². The van der Waals surface area contributed by atoms with E-state index in [9.17, 15) is 14.4 Å². The molecule has 0 saturated carbocycles. The molecule has 25 heavy (non-hydrogen) atoms. The number of ether oxygens (including phenoxy) is 1. The molecule has 0 spiro atoms. The van der Waals surface area contributed by atoms with Crippen LogP contribution in [0, 0.1) is 5.92 Å². The van der Waals surface area contributed by atoms with Crippen LogP contribution < -0.4 is 16.4 Å². The Balaban J connectivity index is 1.87. The molecule has 7 heteroatoms. The number of anilines is 1. The van der Waals surface area contributed by atoms with Gasteiger partial charge in [0, 0.05) is 11.3 Å². The monoisotopic (exact) mass is 345 g/mol. The number of hydrogen-bond donors (Lipinski definition) is 3. The number of nitrogens with two attached hydrogens (primary N) is 1. The Hall–Kier alpha value is -2.41. The number of cyclic esters (lactones) is 1. The van der Waals surface area contributed by atoms with Crippen LogP contribution in [-0.2, 0) is 14.3 Å². The summed E-state index contributed by atoms with van der Waals surface area (Å²) in [6.45, 7) is 7.33. The quantitative estimate of drug-likeness (QED) is 0.713. The van der Waals surface area contributed by atoms with Crippen LogP contribution in [0.25, 0.3) is 0 Å². The van der Waals surface area contributed by atoms with Crippen LogP contribution in [0.15, 0.2) is 24.3 Å². The van der Waals surface area contributed by atoms with Gasteiger partial charge in [-0.15, -0.1) is 0 Å². The van der Waals surface area contributed by atoms with Crippen molar-refractivity contribution in [1.29, 1.82) is 0 Å². The minimum atomic E-state index is -1.09. The van der Waals surface area contributed by atoms with E-state index in [-0.39, 0.29) is 5.91 Å². The van der Waals surface area contributed by atoms with E-state index in [1.54, 1.807) is 25.1 Å². The number of amides is 2. The number of esters is 1. The van der Waals surface area contributed by atoms with Crippen molar-refractivity contribution in [2.75, 3.05) is 5.32 Å². The second-order valence-corrected chi connectivity index (χ2v) is 7.75. The molecule has 0 aromatic heterocycles. The number of rotatable bonds is 3. The van der Waals surface area contributed by atoms with E-state index < -0.39 is 34.5 Å². The molecule has 4 N–H and O–H groups in total. The van der Waals surface area contributed by atoms with E-state index in [2.05, 4.69) is 10.6 Å². The highest BCUT2D eigenvalue weighted by Crippen LogP contribution is 2.48. The number of nitrogens with one attached hydrogen (secondary N) is 2. The first kappa shape index (κ1) is 17.4. The Kier molecular flexibility index (Phi) is 3.69. The van der Waals surface area contributed by atoms with Gasteiger partial charge in [0.1, 0.15) is 11.1 Å². The van der Waals surface area contributed by atoms with E-state index in [1.807, 2.05) is 20.8 Å². The van der Waals surface area contributed by atoms with Gasteiger partial charge in [0.05, 0.1) is 11.5 Å². The summed E-state index contributed by atoms with van der Waals surface area (Å²) in [7, 11) is 0. The molecule has 0 unspecified atom stereocenters. The number of primary amides is 1. The van der Waals surface area contributed by atoms with E-state index in [4.69, 9.17) is 10.5 Å². The van der Waals surface area contributed by atoms with Crippen molar-refractivity contribution in [3.8, 4) is 0 Å². The largest absolute Gasteiger partial charge is 0.456 e. The van der Waals surface area contributed by atoms with Crippen LogP contribution in [0.3, 0.4) is 0 Å². The van der Waals surface area contributed by atoms with Gasteiger partial charge >= 0.3 is 5.97 Å². The maximum Gasteiger partial charge on any atom is 0.327 e. The Morgan fingerprint density at radius 3 is 2.60 bits per heavy atom. The molecule has 0 aliphatic carbocycles. The Morgan fingerprint density at radius 1 is 1.28 bits per heavy atom. The van der Waals surface area contributed by atoms with E-state index in [0.717, 1.165) is 0 Å². The minimum absolute atomic E-state index is 0.296. The first-order valence-electron chi connectivity index (χ1n) is 8.22. The molecule has 134 valence electrons. The smallest absolute Gasteiger partial charge is 0.327 e. The second-order valence-electron chi connectivity index (χ2n) is 7.75. The van der Waals surface area contributed by atoms with Gasteiger partial charge in [0.25, 0.3) is 0 Å². The lowest BCUT2D eigenvalue weighted by Gasteiger charge is -2.47. The normalized spacial score (nSPS) is 32.8. The highest BCUT2D eigenvalue weighted by Gasteiger charge is 2.67. The van der Waals surface area contributed by atoms with Gasteiger partial charge in [-0.1, -0.05) is 6.07 Å². The number of benzene rings is 1. The summed E-state index contributed by atoms with van der Waals surface area (Å²) in [6.07, 6.45) is 0.462. The summed E-state index contributed by atoms with van der Waals surface area (Å²) in [6, 6.07) is 6.40. The van der Waals surface area contributed by atoms with Gasteiger partial charge in [-0.25, -0.2) is 0 Å².